The maximum atomic E-state index is 4.77. The first-order valence-corrected chi connectivity index (χ1v) is 11.0. The lowest BCUT2D eigenvalue weighted by atomic mass is 10.1. The standard InChI is InChI=1S/C24H35N5/c1-20(2)28-14-16-29(17-15-28)24-9-8-23(18-25-24)22-6-4-21(5-7-22)19-27-12-10-26(3)11-13-27/h4-9,18,20H,10-17,19H2,1-3H3. The van der Waals surface area contributed by atoms with Crippen molar-refractivity contribution in [1.29, 1.82) is 0 Å². The van der Waals surface area contributed by atoms with Gasteiger partial charge in [0.1, 0.15) is 5.82 Å². The minimum atomic E-state index is 0.631. The fraction of sp³-hybridized carbons (Fsp3) is 0.542. The van der Waals surface area contributed by atoms with Crippen molar-refractivity contribution >= 4 is 5.82 Å². The molecule has 1 aromatic carbocycles. The molecule has 0 spiro atoms. The molecule has 3 heterocycles. The molecule has 1 aromatic heterocycles. The number of anilines is 1. The van der Waals surface area contributed by atoms with Gasteiger partial charge in [-0.3, -0.25) is 9.80 Å². The Hall–Kier alpha value is -1.95. The zero-order chi connectivity index (χ0) is 20.2. The van der Waals surface area contributed by atoms with E-state index in [1.807, 2.05) is 6.20 Å². The lowest BCUT2D eigenvalue weighted by Gasteiger charge is -2.37. The summed E-state index contributed by atoms with van der Waals surface area (Å²) in [5.41, 5.74) is 3.84. The highest BCUT2D eigenvalue weighted by Crippen LogP contribution is 2.23. The molecular weight excluding hydrogens is 358 g/mol. The fourth-order valence-corrected chi connectivity index (χ4v) is 4.28. The van der Waals surface area contributed by atoms with E-state index in [4.69, 9.17) is 4.98 Å². The lowest BCUT2D eigenvalue weighted by molar-refractivity contribution is 0.148. The fourth-order valence-electron chi connectivity index (χ4n) is 4.28. The van der Waals surface area contributed by atoms with E-state index in [1.54, 1.807) is 0 Å². The molecule has 156 valence electrons. The Morgan fingerprint density at radius 3 is 2.03 bits per heavy atom. The van der Waals surface area contributed by atoms with Gasteiger partial charge in [-0.25, -0.2) is 4.98 Å². The van der Waals surface area contributed by atoms with Crippen molar-refractivity contribution < 1.29 is 0 Å². The van der Waals surface area contributed by atoms with Crippen molar-refractivity contribution in [2.45, 2.75) is 26.4 Å². The van der Waals surface area contributed by atoms with Gasteiger partial charge in [0.2, 0.25) is 0 Å². The van der Waals surface area contributed by atoms with E-state index in [2.05, 4.69) is 76.9 Å². The van der Waals surface area contributed by atoms with Crippen LogP contribution in [0.3, 0.4) is 0 Å². The van der Waals surface area contributed by atoms with Crippen molar-refractivity contribution in [3.8, 4) is 11.1 Å². The summed E-state index contributed by atoms with van der Waals surface area (Å²) in [5.74, 6) is 1.10. The summed E-state index contributed by atoms with van der Waals surface area (Å²) < 4.78 is 0. The molecule has 5 nitrogen and oxygen atoms in total. The average molecular weight is 394 g/mol. The quantitative estimate of drug-likeness (QED) is 0.778. The number of likely N-dealkylation sites (N-methyl/N-ethyl adjacent to an activating group) is 1. The molecule has 4 rings (SSSR count). The van der Waals surface area contributed by atoms with Gasteiger partial charge in [-0.1, -0.05) is 24.3 Å². The normalized spacial score (nSPS) is 19.8. The SMILES string of the molecule is CC(C)N1CCN(c2ccc(-c3ccc(CN4CCN(C)CC4)cc3)cn2)CC1. The van der Waals surface area contributed by atoms with Crippen LogP contribution in [0.25, 0.3) is 11.1 Å². The number of aromatic nitrogens is 1. The number of hydrogen-bond acceptors (Lipinski definition) is 5. The summed E-state index contributed by atoms with van der Waals surface area (Å²) in [6.07, 6.45) is 2.03. The topological polar surface area (TPSA) is 25.9 Å². The Labute approximate surface area is 175 Å². The van der Waals surface area contributed by atoms with Crippen LogP contribution < -0.4 is 4.90 Å². The van der Waals surface area contributed by atoms with Gasteiger partial charge in [0, 0.05) is 76.7 Å². The van der Waals surface area contributed by atoms with Crippen LogP contribution in [0.1, 0.15) is 19.4 Å². The predicted molar refractivity (Wildman–Crippen MR) is 121 cm³/mol. The van der Waals surface area contributed by atoms with Crippen molar-refractivity contribution in [2.24, 2.45) is 0 Å². The van der Waals surface area contributed by atoms with Gasteiger partial charge in [0.25, 0.3) is 0 Å². The molecule has 0 aliphatic carbocycles. The first kappa shape index (κ1) is 20.3. The van der Waals surface area contributed by atoms with Crippen LogP contribution in [-0.2, 0) is 6.54 Å². The second-order valence-electron chi connectivity index (χ2n) is 8.80. The molecule has 0 atom stereocenters. The molecule has 5 heteroatoms. The summed E-state index contributed by atoms with van der Waals surface area (Å²) in [5, 5.41) is 0. The second kappa shape index (κ2) is 9.24. The number of piperazine rings is 2. The molecule has 0 radical (unpaired) electrons. The number of rotatable bonds is 5. The van der Waals surface area contributed by atoms with Crippen molar-refractivity contribution in [3.05, 3.63) is 48.2 Å². The molecule has 0 N–H and O–H groups in total. The first-order chi connectivity index (χ1) is 14.1. The zero-order valence-corrected chi connectivity index (χ0v) is 18.2. The van der Waals surface area contributed by atoms with Gasteiger partial charge in [0.05, 0.1) is 0 Å². The number of hydrogen-bond donors (Lipinski definition) is 0. The monoisotopic (exact) mass is 393 g/mol. The Balaban J connectivity index is 1.34. The first-order valence-electron chi connectivity index (χ1n) is 11.0. The maximum Gasteiger partial charge on any atom is 0.128 e. The van der Waals surface area contributed by atoms with E-state index in [0.717, 1.165) is 51.6 Å². The Morgan fingerprint density at radius 1 is 0.793 bits per heavy atom. The maximum absolute atomic E-state index is 4.77. The zero-order valence-electron chi connectivity index (χ0n) is 18.2. The third kappa shape index (κ3) is 5.16. The van der Waals surface area contributed by atoms with E-state index in [0.29, 0.717) is 6.04 Å². The van der Waals surface area contributed by atoms with Crippen LogP contribution >= 0.6 is 0 Å². The van der Waals surface area contributed by atoms with E-state index in [1.165, 1.54) is 29.8 Å². The van der Waals surface area contributed by atoms with Crippen molar-refractivity contribution in [1.82, 2.24) is 19.7 Å². The molecule has 2 saturated heterocycles. The summed E-state index contributed by atoms with van der Waals surface area (Å²) in [7, 11) is 2.21. The van der Waals surface area contributed by atoms with E-state index in [9.17, 15) is 0 Å². The summed E-state index contributed by atoms with van der Waals surface area (Å²) in [6, 6.07) is 14.0. The molecule has 0 bridgehead atoms. The van der Waals surface area contributed by atoms with Gasteiger partial charge in [-0.05, 0) is 44.2 Å². The highest BCUT2D eigenvalue weighted by atomic mass is 15.3. The predicted octanol–water partition coefficient (Wildman–Crippen LogP) is 3.03. The highest BCUT2D eigenvalue weighted by molar-refractivity contribution is 5.64. The van der Waals surface area contributed by atoms with E-state index < -0.39 is 0 Å². The van der Waals surface area contributed by atoms with E-state index in [-0.39, 0.29) is 0 Å². The molecule has 0 unspecified atom stereocenters. The lowest BCUT2D eigenvalue weighted by Crippen LogP contribution is -2.49. The Kier molecular flexibility index (Phi) is 6.48. The average Bonchev–Trinajstić information content (AvgIpc) is 2.76. The van der Waals surface area contributed by atoms with Crippen LogP contribution in [0.15, 0.2) is 42.6 Å². The van der Waals surface area contributed by atoms with Gasteiger partial charge in [-0.15, -0.1) is 0 Å². The van der Waals surface area contributed by atoms with Crippen LogP contribution in [0.4, 0.5) is 5.82 Å². The number of pyridine rings is 1. The molecule has 2 aliphatic rings. The smallest absolute Gasteiger partial charge is 0.128 e. The number of nitrogens with zero attached hydrogens (tertiary/aromatic N) is 5. The third-order valence-corrected chi connectivity index (χ3v) is 6.41. The molecule has 2 fully saturated rings. The third-order valence-electron chi connectivity index (χ3n) is 6.41. The molecule has 2 aromatic rings. The van der Waals surface area contributed by atoms with Crippen LogP contribution in [0, 0.1) is 0 Å². The van der Waals surface area contributed by atoms with Crippen LogP contribution in [-0.4, -0.2) is 85.1 Å². The summed E-state index contributed by atoms with van der Waals surface area (Å²) in [4.78, 5) is 14.7. The largest absolute Gasteiger partial charge is 0.354 e. The van der Waals surface area contributed by atoms with Crippen LogP contribution in [0.5, 0.6) is 0 Å². The van der Waals surface area contributed by atoms with Gasteiger partial charge in [0.15, 0.2) is 0 Å². The van der Waals surface area contributed by atoms with Crippen molar-refractivity contribution in [3.63, 3.8) is 0 Å². The molecule has 29 heavy (non-hydrogen) atoms. The van der Waals surface area contributed by atoms with Gasteiger partial charge >= 0.3 is 0 Å². The molecule has 0 amide bonds. The molecule has 0 saturated carbocycles. The Bertz CT molecular complexity index is 755. The number of benzene rings is 1. The van der Waals surface area contributed by atoms with Crippen molar-refractivity contribution in [2.75, 3.05) is 64.3 Å². The minimum Gasteiger partial charge on any atom is -0.354 e. The Morgan fingerprint density at radius 2 is 1.45 bits per heavy atom. The second-order valence-corrected chi connectivity index (χ2v) is 8.80. The van der Waals surface area contributed by atoms with E-state index >= 15 is 0 Å². The highest BCUT2D eigenvalue weighted by Gasteiger charge is 2.19. The summed E-state index contributed by atoms with van der Waals surface area (Å²) in [6.45, 7) is 14.6. The minimum absolute atomic E-state index is 0.631. The summed E-state index contributed by atoms with van der Waals surface area (Å²) >= 11 is 0. The van der Waals surface area contributed by atoms with Crippen LogP contribution in [0.2, 0.25) is 0 Å². The molecular formula is C24H35N5. The molecule has 2 aliphatic heterocycles. The van der Waals surface area contributed by atoms with Gasteiger partial charge in [-0.2, -0.15) is 0 Å². The van der Waals surface area contributed by atoms with Gasteiger partial charge < -0.3 is 9.80 Å².